The zero-order chi connectivity index (χ0) is 14.8. The van der Waals surface area contributed by atoms with E-state index in [4.69, 9.17) is 0 Å². The van der Waals surface area contributed by atoms with Gasteiger partial charge < -0.3 is 15.3 Å². The van der Waals surface area contributed by atoms with E-state index >= 15 is 0 Å². The van der Waals surface area contributed by atoms with Crippen molar-refractivity contribution in [1.29, 1.82) is 0 Å². The third-order valence-electron chi connectivity index (χ3n) is 5.37. The molecule has 2 rings (SSSR count). The largest absolute Gasteiger partial charge is 0.389 e. The summed E-state index contributed by atoms with van der Waals surface area (Å²) in [5.41, 5.74) is -0.475. The molecule has 1 aliphatic heterocycles. The predicted octanol–water partition coefficient (Wildman–Crippen LogP) is 2.49. The van der Waals surface area contributed by atoms with Crippen molar-refractivity contribution in [3.05, 3.63) is 0 Å². The predicted molar refractivity (Wildman–Crippen MR) is 84.8 cm³/mol. The Morgan fingerprint density at radius 1 is 1.30 bits per heavy atom. The van der Waals surface area contributed by atoms with E-state index in [1.165, 1.54) is 12.8 Å². The minimum Gasteiger partial charge on any atom is -0.389 e. The van der Waals surface area contributed by atoms with Crippen molar-refractivity contribution in [1.82, 2.24) is 10.2 Å². The fourth-order valence-electron chi connectivity index (χ4n) is 4.49. The molecule has 1 saturated carbocycles. The molecule has 1 saturated heterocycles. The van der Waals surface area contributed by atoms with Crippen LogP contribution in [0.3, 0.4) is 0 Å². The van der Waals surface area contributed by atoms with Crippen molar-refractivity contribution in [3.63, 3.8) is 0 Å². The first-order valence-corrected chi connectivity index (χ1v) is 8.59. The summed E-state index contributed by atoms with van der Waals surface area (Å²) >= 11 is 0. The van der Waals surface area contributed by atoms with E-state index in [0.29, 0.717) is 6.04 Å². The number of rotatable bonds is 4. The minimum atomic E-state index is -0.475. The van der Waals surface area contributed by atoms with E-state index in [0.717, 1.165) is 56.8 Å². The fourth-order valence-corrected chi connectivity index (χ4v) is 4.49. The summed E-state index contributed by atoms with van der Waals surface area (Å²) in [7, 11) is 0. The van der Waals surface area contributed by atoms with E-state index in [1.54, 1.807) is 0 Å². The van der Waals surface area contributed by atoms with Crippen molar-refractivity contribution in [3.8, 4) is 0 Å². The highest BCUT2D eigenvalue weighted by atomic mass is 16.3. The maximum Gasteiger partial charge on any atom is 0.0746 e. The average molecular weight is 282 g/mol. The van der Waals surface area contributed by atoms with Gasteiger partial charge in [-0.25, -0.2) is 0 Å². The summed E-state index contributed by atoms with van der Waals surface area (Å²) in [5, 5.41) is 14.0. The molecule has 0 bridgehead atoms. The summed E-state index contributed by atoms with van der Waals surface area (Å²) < 4.78 is 0. The van der Waals surface area contributed by atoms with Crippen LogP contribution in [0.25, 0.3) is 0 Å². The Balaban J connectivity index is 1.97. The number of β-amino-alcohol motifs (C(OH)–C–C–N with tert-alkyl or cyclic N) is 1. The van der Waals surface area contributed by atoms with Crippen molar-refractivity contribution in [2.45, 2.75) is 65.0 Å². The Bertz CT molecular complexity index is 305. The molecule has 2 fully saturated rings. The molecule has 0 radical (unpaired) electrons. The maximum absolute atomic E-state index is 10.3. The molecule has 5 atom stereocenters. The molecule has 0 aromatic heterocycles. The number of nitrogens with zero attached hydrogens (tertiary/aromatic N) is 1. The maximum atomic E-state index is 10.3. The number of hydrogen-bond donors (Lipinski definition) is 2. The zero-order valence-corrected chi connectivity index (χ0v) is 13.9. The second-order valence-electron chi connectivity index (χ2n) is 7.72. The zero-order valence-electron chi connectivity index (χ0n) is 13.9. The molecule has 0 amide bonds. The molecule has 20 heavy (non-hydrogen) atoms. The summed E-state index contributed by atoms with van der Waals surface area (Å²) in [6.07, 6.45) is 4.76. The van der Waals surface area contributed by atoms with Crippen LogP contribution in [0.2, 0.25) is 0 Å². The van der Waals surface area contributed by atoms with Crippen molar-refractivity contribution in [2.24, 2.45) is 17.8 Å². The molecular formula is C17H34N2O. The van der Waals surface area contributed by atoms with Crippen LogP contribution in [0.4, 0.5) is 0 Å². The second kappa shape index (κ2) is 6.76. The second-order valence-corrected chi connectivity index (χ2v) is 7.72. The molecule has 1 aliphatic carbocycles. The molecule has 0 aromatic carbocycles. The number of aliphatic hydroxyl groups is 1. The van der Waals surface area contributed by atoms with Crippen LogP contribution in [0.15, 0.2) is 0 Å². The average Bonchev–Trinajstić information content (AvgIpc) is 2.32. The van der Waals surface area contributed by atoms with Gasteiger partial charge in [0.05, 0.1) is 5.60 Å². The molecule has 3 heteroatoms. The topological polar surface area (TPSA) is 35.5 Å². The number of piperidine rings is 1. The van der Waals surface area contributed by atoms with Crippen LogP contribution in [-0.2, 0) is 0 Å². The highest BCUT2D eigenvalue weighted by molar-refractivity contribution is 4.91. The lowest BCUT2D eigenvalue weighted by Gasteiger charge is -2.45. The van der Waals surface area contributed by atoms with Gasteiger partial charge in [0.25, 0.3) is 0 Å². The van der Waals surface area contributed by atoms with Crippen LogP contribution in [0.1, 0.15) is 53.4 Å². The van der Waals surface area contributed by atoms with Gasteiger partial charge in [0, 0.05) is 19.1 Å². The van der Waals surface area contributed by atoms with Gasteiger partial charge >= 0.3 is 0 Å². The molecule has 0 aromatic rings. The lowest BCUT2D eigenvalue weighted by atomic mass is 9.72. The lowest BCUT2D eigenvalue weighted by Crippen LogP contribution is -2.53. The van der Waals surface area contributed by atoms with Gasteiger partial charge in [-0.3, -0.25) is 0 Å². The van der Waals surface area contributed by atoms with Gasteiger partial charge in [-0.05, 0) is 63.5 Å². The third kappa shape index (κ3) is 4.19. The van der Waals surface area contributed by atoms with E-state index < -0.39 is 5.60 Å². The van der Waals surface area contributed by atoms with E-state index in [2.05, 4.69) is 31.0 Å². The summed E-state index contributed by atoms with van der Waals surface area (Å²) in [5.74, 6) is 2.37. The highest BCUT2D eigenvalue weighted by Gasteiger charge is 2.36. The van der Waals surface area contributed by atoms with Crippen LogP contribution in [0, 0.1) is 17.8 Å². The van der Waals surface area contributed by atoms with Gasteiger partial charge in [-0.1, -0.05) is 20.8 Å². The van der Waals surface area contributed by atoms with Crippen molar-refractivity contribution < 1.29 is 5.11 Å². The van der Waals surface area contributed by atoms with Crippen LogP contribution < -0.4 is 5.32 Å². The summed E-state index contributed by atoms with van der Waals surface area (Å²) in [6.45, 7) is 13.3. The summed E-state index contributed by atoms with van der Waals surface area (Å²) in [6, 6.07) is 0.658. The number of hydrogen-bond acceptors (Lipinski definition) is 3. The van der Waals surface area contributed by atoms with Crippen molar-refractivity contribution >= 4 is 0 Å². The van der Waals surface area contributed by atoms with Gasteiger partial charge in [-0.2, -0.15) is 0 Å². The van der Waals surface area contributed by atoms with Crippen LogP contribution >= 0.6 is 0 Å². The Labute approximate surface area is 125 Å². The third-order valence-corrected chi connectivity index (χ3v) is 5.37. The number of nitrogens with one attached hydrogen (secondary N) is 1. The van der Waals surface area contributed by atoms with E-state index in [-0.39, 0.29) is 0 Å². The molecule has 3 nitrogen and oxygen atoms in total. The van der Waals surface area contributed by atoms with Gasteiger partial charge in [0.15, 0.2) is 0 Å². The Hall–Kier alpha value is -0.120. The Morgan fingerprint density at radius 2 is 2.05 bits per heavy atom. The molecular weight excluding hydrogens is 248 g/mol. The smallest absolute Gasteiger partial charge is 0.0746 e. The molecule has 2 aliphatic rings. The molecule has 0 spiro atoms. The molecule has 5 unspecified atom stereocenters. The van der Waals surface area contributed by atoms with Crippen LogP contribution in [0.5, 0.6) is 0 Å². The fraction of sp³-hybridized carbons (Fsp3) is 1.00. The first kappa shape index (κ1) is 16.3. The standard InChI is InChI=1S/C17H34N2O/c1-5-18-16-10-13(2)9-14(3)15(16)11-19-8-6-7-17(4,20)12-19/h13-16,18,20H,5-12H2,1-4H3. The Kier molecular flexibility index (Phi) is 5.49. The van der Waals surface area contributed by atoms with Gasteiger partial charge in [0.2, 0.25) is 0 Å². The van der Waals surface area contributed by atoms with Crippen molar-refractivity contribution in [2.75, 3.05) is 26.2 Å². The van der Waals surface area contributed by atoms with E-state index in [1.807, 2.05) is 6.92 Å². The monoisotopic (exact) mass is 282 g/mol. The first-order valence-electron chi connectivity index (χ1n) is 8.59. The van der Waals surface area contributed by atoms with Gasteiger partial charge in [0.1, 0.15) is 0 Å². The molecule has 118 valence electrons. The molecule has 1 heterocycles. The normalized spacial score (nSPS) is 43.6. The minimum absolute atomic E-state index is 0.475. The number of likely N-dealkylation sites (tertiary alicyclic amines) is 1. The highest BCUT2D eigenvalue weighted by Crippen LogP contribution is 2.35. The Morgan fingerprint density at radius 3 is 2.70 bits per heavy atom. The summed E-state index contributed by atoms with van der Waals surface area (Å²) in [4.78, 5) is 2.50. The molecule has 2 N–H and O–H groups in total. The lowest BCUT2D eigenvalue weighted by molar-refractivity contribution is -0.0282. The van der Waals surface area contributed by atoms with Gasteiger partial charge in [-0.15, -0.1) is 0 Å². The van der Waals surface area contributed by atoms with E-state index in [9.17, 15) is 5.11 Å². The SMILES string of the molecule is CCNC1CC(C)CC(C)C1CN1CCCC(C)(O)C1. The quantitative estimate of drug-likeness (QED) is 0.831. The van der Waals surface area contributed by atoms with Crippen LogP contribution in [-0.4, -0.2) is 47.8 Å². The first-order chi connectivity index (χ1) is 9.41.